The number of aromatic amines is 1. The second kappa shape index (κ2) is 6.00. The number of hydrogen-bond donors (Lipinski definition) is 2. The summed E-state index contributed by atoms with van der Waals surface area (Å²) in [5.41, 5.74) is 5.53. The minimum Gasteiger partial charge on any atom is -0.465 e. The molecular formula is C14H18N4O4. The van der Waals surface area contributed by atoms with Crippen molar-refractivity contribution in [3.63, 3.8) is 0 Å². The summed E-state index contributed by atoms with van der Waals surface area (Å²) in [7, 11) is 1.23. The van der Waals surface area contributed by atoms with Crippen LogP contribution in [0.3, 0.4) is 0 Å². The number of nitrogens with one attached hydrogen (secondary N) is 1. The average Bonchev–Trinajstić information content (AvgIpc) is 2.84. The number of hydrogen-bond acceptors (Lipinski definition) is 5. The second-order valence-electron chi connectivity index (χ2n) is 5.47. The van der Waals surface area contributed by atoms with Crippen LogP contribution in [0.4, 0.5) is 0 Å². The van der Waals surface area contributed by atoms with Gasteiger partial charge < -0.3 is 15.0 Å². The number of rotatable bonds is 5. The van der Waals surface area contributed by atoms with Gasteiger partial charge in [-0.3, -0.25) is 9.59 Å². The summed E-state index contributed by atoms with van der Waals surface area (Å²) in [5, 5.41) is 6.11. The zero-order valence-electron chi connectivity index (χ0n) is 12.6. The first kappa shape index (κ1) is 15.7. The molecule has 2 rings (SSSR count). The molecule has 22 heavy (non-hydrogen) atoms. The number of ether oxygens (including phenoxy) is 1. The van der Waals surface area contributed by atoms with E-state index in [0.717, 1.165) is 0 Å². The zero-order chi connectivity index (χ0) is 16.4. The number of pyridine rings is 1. The Hall–Kier alpha value is -2.64. The van der Waals surface area contributed by atoms with Gasteiger partial charge in [-0.25, -0.2) is 9.89 Å². The third-order valence-corrected chi connectivity index (χ3v) is 3.37. The Balaban J connectivity index is 2.65. The molecule has 0 spiro atoms. The molecule has 0 saturated carbocycles. The molecule has 1 atom stereocenters. The van der Waals surface area contributed by atoms with Crippen LogP contribution in [0.15, 0.2) is 17.2 Å². The van der Waals surface area contributed by atoms with Crippen LogP contribution >= 0.6 is 0 Å². The molecule has 3 N–H and O–H groups in total. The first-order chi connectivity index (χ1) is 10.3. The average molecular weight is 306 g/mol. The number of amides is 1. The number of carbonyl (C=O) groups excluding carboxylic acids is 2. The van der Waals surface area contributed by atoms with Crippen molar-refractivity contribution >= 4 is 11.9 Å². The van der Waals surface area contributed by atoms with Gasteiger partial charge >= 0.3 is 5.97 Å². The number of carbonyl (C=O) groups is 2. The van der Waals surface area contributed by atoms with Crippen molar-refractivity contribution in [2.75, 3.05) is 7.11 Å². The molecule has 0 aromatic heterocycles. The lowest BCUT2D eigenvalue weighted by molar-refractivity contribution is -0.121. The SMILES string of the molecule is COC(=O)c1cn([C@@H](CC(C)C)C(N)=O)cc2c(=O)[nH]nc1-2. The lowest BCUT2D eigenvalue weighted by Gasteiger charge is -2.21. The third-order valence-electron chi connectivity index (χ3n) is 3.37. The molecule has 0 bridgehead atoms. The van der Waals surface area contributed by atoms with Crippen molar-refractivity contribution in [3.05, 3.63) is 28.3 Å². The number of fused-ring (bicyclic) bond motifs is 1. The summed E-state index contributed by atoms with van der Waals surface area (Å²) in [4.78, 5) is 35.4. The summed E-state index contributed by atoms with van der Waals surface area (Å²) in [6.45, 7) is 3.90. The number of nitrogens with zero attached hydrogens (tertiary/aromatic N) is 2. The quantitative estimate of drug-likeness (QED) is 0.781. The van der Waals surface area contributed by atoms with Gasteiger partial charge in [-0.1, -0.05) is 13.8 Å². The van der Waals surface area contributed by atoms with E-state index in [1.54, 1.807) is 0 Å². The maximum absolute atomic E-state index is 11.9. The van der Waals surface area contributed by atoms with Gasteiger partial charge in [0.05, 0.1) is 12.7 Å². The van der Waals surface area contributed by atoms with Crippen LogP contribution < -0.4 is 11.3 Å². The normalized spacial score (nSPS) is 12.5. The van der Waals surface area contributed by atoms with E-state index in [0.29, 0.717) is 6.42 Å². The van der Waals surface area contributed by atoms with E-state index in [1.165, 1.54) is 24.1 Å². The number of esters is 1. The van der Waals surface area contributed by atoms with Crippen LogP contribution in [0.1, 0.15) is 36.7 Å². The van der Waals surface area contributed by atoms with E-state index in [1.807, 2.05) is 13.8 Å². The van der Waals surface area contributed by atoms with E-state index >= 15 is 0 Å². The van der Waals surface area contributed by atoms with Crippen molar-refractivity contribution in [1.82, 2.24) is 14.8 Å². The first-order valence-electron chi connectivity index (χ1n) is 6.82. The van der Waals surface area contributed by atoms with Crippen LogP contribution in [0, 0.1) is 5.92 Å². The van der Waals surface area contributed by atoms with Gasteiger partial charge in [0.25, 0.3) is 5.56 Å². The molecule has 0 saturated heterocycles. The first-order valence-corrected chi connectivity index (χ1v) is 6.82. The van der Waals surface area contributed by atoms with Gasteiger partial charge in [-0.05, 0) is 12.3 Å². The van der Waals surface area contributed by atoms with E-state index in [4.69, 9.17) is 10.5 Å². The largest absolute Gasteiger partial charge is 0.465 e. The second-order valence-corrected chi connectivity index (χ2v) is 5.47. The number of methoxy groups -OCH3 is 1. The highest BCUT2D eigenvalue weighted by atomic mass is 16.5. The Morgan fingerprint density at radius 2 is 2.09 bits per heavy atom. The van der Waals surface area contributed by atoms with Crippen molar-refractivity contribution in [1.29, 1.82) is 0 Å². The smallest absolute Gasteiger partial charge is 0.341 e. The lowest BCUT2D eigenvalue weighted by Crippen LogP contribution is -2.29. The molecule has 8 heteroatoms. The molecule has 2 heterocycles. The van der Waals surface area contributed by atoms with Gasteiger partial charge in [0, 0.05) is 12.4 Å². The Kier molecular flexibility index (Phi) is 4.30. The highest BCUT2D eigenvalue weighted by molar-refractivity contribution is 5.96. The number of aromatic nitrogens is 3. The Morgan fingerprint density at radius 1 is 1.41 bits per heavy atom. The van der Waals surface area contributed by atoms with Gasteiger partial charge in [0.2, 0.25) is 5.91 Å². The third kappa shape index (κ3) is 2.85. The molecule has 0 radical (unpaired) electrons. The molecule has 0 aliphatic carbocycles. The fourth-order valence-corrected chi connectivity index (χ4v) is 2.33. The summed E-state index contributed by atoms with van der Waals surface area (Å²) >= 11 is 0. The van der Waals surface area contributed by atoms with Crippen molar-refractivity contribution < 1.29 is 14.3 Å². The summed E-state index contributed by atoms with van der Waals surface area (Å²) < 4.78 is 6.19. The van der Waals surface area contributed by atoms with Crippen molar-refractivity contribution in [3.8, 4) is 11.3 Å². The number of nitrogens with two attached hydrogens (primary N) is 1. The van der Waals surface area contributed by atoms with Crippen LogP contribution in [0.5, 0.6) is 0 Å². The molecule has 0 aromatic carbocycles. The number of H-pyrrole nitrogens is 1. The molecule has 0 fully saturated rings. The van der Waals surface area contributed by atoms with Crippen molar-refractivity contribution in [2.24, 2.45) is 11.7 Å². The monoisotopic (exact) mass is 306 g/mol. The van der Waals surface area contributed by atoms with Gasteiger partial charge in [-0.15, -0.1) is 0 Å². The van der Waals surface area contributed by atoms with E-state index in [2.05, 4.69) is 10.2 Å². The fourth-order valence-electron chi connectivity index (χ4n) is 2.33. The standard InChI is InChI=1S/C14H18N4O4/c1-7(2)4-10(12(15)19)18-5-8-11(16-17-13(8)20)9(6-18)14(21)22-3/h5-7,10H,4H2,1-3H3,(H2,15,19)(H,17,20)/t10-/m0/s1. The van der Waals surface area contributed by atoms with Gasteiger partial charge in [0.1, 0.15) is 17.3 Å². The van der Waals surface area contributed by atoms with Gasteiger partial charge in [-0.2, -0.15) is 5.10 Å². The topological polar surface area (TPSA) is 120 Å². The summed E-state index contributed by atoms with van der Waals surface area (Å²) in [6.07, 6.45) is 3.40. The van der Waals surface area contributed by atoms with Crippen LogP contribution in [0.25, 0.3) is 11.3 Å². The molecule has 0 unspecified atom stereocenters. The molecule has 0 aromatic rings. The Labute approximate surface area is 126 Å². The Morgan fingerprint density at radius 3 is 2.64 bits per heavy atom. The molecule has 2 aliphatic rings. The van der Waals surface area contributed by atoms with Crippen molar-refractivity contribution in [2.45, 2.75) is 26.3 Å². The Bertz CT molecular complexity index is 731. The maximum Gasteiger partial charge on any atom is 0.341 e. The molecule has 2 aliphatic heterocycles. The highest BCUT2D eigenvalue weighted by Gasteiger charge is 2.26. The molecule has 118 valence electrons. The van der Waals surface area contributed by atoms with Crippen LogP contribution in [0.2, 0.25) is 0 Å². The molecule has 8 nitrogen and oxygen atoms in total. The number of primary amides is 1. The zero-order valence-corrected chi connectivity index (χ0v) is 12.6. The predicted molar refractivity (Wildman–Crippen MR) is 78.5 cm³/mol. The van der Waals surface area contributed by atoms with Gasteiger partial charge in [0.15, 0.2) is 0 Å². The molecule has 1 amide bonds. The van der Waals surface area contributed by atoms with E-state index in [9.17, 15) is 14.4 Å². The minimum atomic E-state index is -0.665. The minimum absolute atomic E-state index is 0.105. The molecular weight excluding hydrogens is 288 g/mol. The predicted octanol–water partition coefficient (Wildman–Crippen LogP) is 0.535. The highest BCUT2D eigenvalue weighted by Crippen LogP contribution is 2.25. The summed E-state index contributed by atoms with van der Waals surface area (Å²) in [6, 6.07) is -0.665. The lowest BCUT2D eigenvalue weighted by atomic mass is 10.0. The maximum atomic E-state index is 11.9. The van der Waals surface area contributed by atoms with Crippen LogP contribution in [-0.2, 0) is 9.53 Å². The summed E-state index contributed by atoms with van der Waals surface area (Å²) in [5.74, 6) is -0.971. The van der Waals surface area contributed by atoms with Crippen LogP contribution in [-0.4, -0.2) is 33.8 Å². The van der Waals surface area contributed by atoms with E-state index in [-0.39, 0.29) is 22.7 Å². The van der Waals surface area contributed by atoms with E-state index < -0.39 is 23.5 Å². The fraction of sp³-hybridized carbons (Fsp3) is 0.429.